The number of nitrogens with one attached hydrogen (secondary N) is 1. The SMILES string of the molecule is CCCNc1nc(N(C)C)nc(N2CCC(C(C)O)C2)n1. The van der Waals surface area contributed by atoms with Crippen molar-refractivity contribution in [3.63, 3.8) is 0 Å². The number of nitrogens with zero attached hydrogens (tertiary/aromatic N) is 5. The van der Waals surface area contributed by atoms with E-state index in [1.165, 1.54) is 0 Å². The minimum absolute atomic E-state index is 0.289. The van der Waals surface area contributed by atoms with Crippen LogP contribution in [0, 0.1) is 5.92 Å². The van der Waals surface area contributed by atoms with Crippen LogP contribution in [0.4, 0.5) is 17.8 Å². The van der Waals surface area contributed by atoms with Gasteiger partial charge >= 0.3 is 0 Å². The largest absolute Gasteiger partial charge is 0.393 e. The summed E-state index contributed by atoms with van der Waals surface area (Å²) in [5.41, 5.74) is 0. The summed E-state index contributed by atoms with van der Waals surface area (Å²) in [5.74, 6) is 2.25. The summed E-state index contributed by atoms with van der Waals surface area (Å²) in [5, 5.41) is 13.0. The Hall–Kier alpha value is -1.63. The Morgan fingerprint density at radius 3 is 2.71 bits per heavy atom. The van der Waals surface area contributed by atoms with Gasteiger partial charge in [0, 0.05) is 39.6 Å². The Balaban J connectivity index is 2.19. The van der Waals surface area contributed by atoms with Gasteiger partial charge in [-0.2, -0.15) is 15.0 Å². The average molecular weight is 294 g/mol. The highest BCUT2D eigenvalue weighted by atomic mass is 16.3. The predicted octanol–water partition coefficient (Wildman–Crippen LogP) is 0.967. The van der Waals surface area contributed by atoms with E-state index in [1.54, 1.807) is 0 Å². The van der Waals surface area contributed by atoms with Gasteiger partial charge in [-0.3, -0.25) is 0 Å². The van der Waals surface area contributed by atoms with Gasteiger partial charge < -0.3 is 20.2 Å². The minimum atomic E-state index is -0.289. The maximum absolute atomic E-state index is 9.73. The van der Waals surface area contributed by atoms with E-state index in [2.05, 4.69) is 32.1 Å². The molecule has 1 aliphatic heterocycles. The molecule has 0 amide bonds. The maximum Gasteiger partial charge on any atom is 0.231 e. The highest BCUT2D eigenvalue weighted by Gasteiger charge is 2.28. The molecular weight excluding hydrogens is 268 g/mol. The van der Waals surface area contributed by atoms with Crippen LogP contribution in [0.3, 0.4) is 0 Å². The summed E-state index contributed by atoms with van der Waals surface area (Å²) < 4.78 is 0. The molecule has 1 fully saturated rings. The molecule has 0 saturated carbocycles. The smallest absolute Gasteiger partial charge is 0.231 e. The summed E-state index contributed by atoms with van der Waals surface area (Å²) in [6.07, 6.45) is 1.70. The Labute approximate surface area is 126 Å². The van der Waals surface area contributed by atoms with Crippen LogP contribution >= 0.6 is 0 Å². The number of aromatic nitrogens is 3. The molecule has 0 bridgehead atoms. The second-order valence-electron chi connectivity index (χ2n) is 5.82. The first-order chi connectivity index (χ1) is 10.0. The van der Waals surface area contributed by atoms with Crippen molar-refractivity contribution in [2.24, 2.45) is 5.92 Å². The van der Waals surface area contributed by atoms with Gasteiger partial charge in [-0.25, -0.2) is 0 Å². The lowest BCUT2D eigenvalue weighted by atomic mass is 10.0. The Morgan fingerprint density at radius 1 is 1.38 bits per heavy atom. The topological polar surface area (TPSA) is 77.4 Å². The quantitative estimate of drug-likeness (QED) is 0.809. The number of aliphatic hydroxyl groups excluding tert-OH is 1. The molecular formula is C14H26N6O. The lowest BCUT2D eigenvalue weighted by Crippen LogP contribution is -2.27. The normalized spacial score (nSPS) is 19.7. The molecule has 2 atom stereocenters. The Bertz CT molecular complexity index is 465. The molecule has 1 aliphatic rings. The lowest BCUT2D eigenvalue weighted by Gasteiger charge is -2.20. The third-order valence-electron chi connectivity index (χ3n) is 3.73. The maximum atomic E-state index is 9.73. The summed E-state index contributed by atoms with van der Waals surface area (Å²) in [6, 6.07) is 0. The van der Waals surface area contributed by atoms with Crippen LogP contribution in [0.1, 0.15) is 26.7 Å². The highest BCUT2D eigenvalue weighted by molar-refractivity contribution is 5.45. The van der Waals surface area contributed by atoms with Crippen molar-refractivity contribution in [1.82, 2.24) is 15.0 Å². The fourth-order valence-corrected chi connectivity index (χ4v) is 2.37. The molecule has 0 radical (unpaired) electrons. The van der Waals surface area contributed by atoms with Gasteiger partial charge in [0.05, 0.1) is 6.10 Å². The van der Waals surface area contributed by atoms with E-state index in [-0.39, 0.29) is 12.0 Å². The molecule has 7 heteroatoms. The molecule has 0 aliphatic carbocycles. The zero-order chi connectivity index (χ0) is 15.4. The summed E-state index contributed by atoms with van der Waals surface area (Å²) in [7, 11) is 3.84. The first-order valence-electron chi connectivity index (χ1n) is 7.61. The molecule has 2 rings (SSSR count). The minimum Gasteiger partial charge on any atom is -0.393 e. The van der Waals surface area contributed by atoms with Crippen LogP contribution < -0.4 is 15.1 Å². The van der Waals surface area contributed by atoms with Crippen molar-refractivity contribution in [2.45, 2.75) is 32.8 Å². The molecule has 1 aromatic rings. The zero-order valence-electron chi connectivity index (χ0n) is 13.4. The Kier molecular flexibility index (Phi) is 5.17. The molecule has 2 unspecified atom stereocenters. The fourth-order valence-electron chi connectivity index (χ4n) is 2.37. The standard InChI is InChI=1S/C14H26N6O/c1-5-7-15-12-16-13(19(3)4)18-14(17-12)20-8-6-11(9-20)10(2)21/h10-11,21H,5-9H2,1-4H3,(H,15,16,17,18). The molecule has 118 valence electrons. The van der Waals surface area contributed by atoms with Gasteiger partial charge in [0.15, 0.2) is 0 Å². The van der Waals surface area contributed by atoms with Crippen molar-refractivity contribution >= 4 is 17.8 Å². The fraction of sp³-hybridized carbons (Fsp3) is 0.786. The van der Waals surface area contributed by atoms with Crippen molar-refractivity contribution < 1.29 is 5.11 Å². The highest BCUT2D eigenvalue weighted by Crippen LogP contribution is 2.24. The predicted molar refractivity (Wildman–Crippen MR) is 84.9 cm³/mol. The molecule has 0 spiro atoms. The van der Waals surface area contributed by atoms with Crippen LogP contribution in [-0.4, -0.2) is 59.9 Å². The number of anilines is 3. The summed E-state index contributed by atoms with van der Waals surface area (Å²) >= 11 is 0. The van der Waals surface area contributed by atoms with Crippen molar-refractivity contribution in [3.05, 3.63) is 0 Å². The molecule has 2 N–H and O–H groups in total. The van der Waals surface area contributed by atoms with Gasteiger partial charge in [-0.15, -0.1) is 0 Å². The molecule has 21 heavy (non-hydrogen) atoms. The van der Waals surface area contributed by atoms with E-state index in [9.17, 15) is 5.11 Å². The molecule has 2 heterocycles. The second-order valence-corrected chi connectivity index (χ2v) is 5.82. The number of aliphatic hydroxyl groups is 1. The van der Waals surface area contributed by atoms with Gasteiger partial charge in [0.25, 0.3) is 0 Å². The van der Waals surface area contributed by atoms with Crippen molar-refractivity contribution in [2.75, 3.05) is 48.8 Å². The van der Waals surface area contributed by atoms with E-state index >= 15 is 0 Å². The molecule has 0 aromatic carbocycles. The summed E-state index contributed by atoms with van der Waals surface area (Å²) in [4.78, 5) is 17.5. The van der Waals surface area contributed by atoms with Crippen molar-refractivity contribution in [3.8, 4) is 0 Å². The van der Waals surface area contributed by atoms with E-state index < -0.39 is 0 Å². The van der Waals surface area contributed by atoms with Crippen LogP contribution in [0.15, 0.2) is 0 Å². The van der Waals surface area contributed by atoms with E-state index in [1.807, 2.05) is 25.9 Å². The first-order valence-corrected chi connectivity index (χ1v) is 7.61. The zero-order valence-corrected chi connectivity index (χ0v) is 13.4. The molecule has 1 saturated heterocycles. The number of hydrogen-bond donors (Lipinski definition) is 2. The van der Waals surface area contributed by atoms with Crippen molar-refractivity contribution in [1.29, 1.82) is 0 Å². The third-order valence-corrected chi connectivity index (χ3v) is 3.73. The van der Waals surface area contributed by atoms with Crippen LogP contribution in [0.5, 0.6) is 0 Å². The van der Waals surface area contributed by atoms with E-state index in [0.29, 0.717) is 17.8 Å². The molecule has 1 aromatic heterocycles. The van der Waals surface area contributed by atoms with Crippen LogP contribution in [0.25, 0.3) is 0 Å². The molecule has 7 nitrogen and oxygen atoms in total. The van der Waals surface area contributed by atoms with Gasteiger partial charge in [-0.1, -0.05) is 6.92 Å². The van der Waals surface area contributed by atoms with E-state index in [0.717, 1.165) is 32.5 Å². The second kappa shape index (κ2) is 6.89. The first kappa shape index (κ1) is 15.8. The van der Waals surface area contributed by atoms with Gasteiger partial charge in [0.2, 0.25) is 17.8 Å². The van der Waals surface area contributed by atoms with Crippen LogP contribution in [-0.2, 0) is 0 Å². The number of hydrogen-bond acceptors (Lipinski definition) is 7. The van der Waals surface area contributed by atoms with E-state index in [4.69, 9.17) is 0 Å². The van der Waals surface area contributed by atoms with Gasteiger partial charge in [0.1, 0.15) is 0 Å². The van der Waals surface area contributed by atoms with Crippen LogP contribution in [0.2, 0.25) is 0 Å². The Morgan fingerprint density at radius 2 is 2.14 bits per heavy atom. The average Bonchev–Trinajstić information content (AvgIpc) is 2.94. The monoisotopic (exact) mass is 294 g/mol. The van der Waals surface area contributed by atoms with Gasteiger partial charge in [-0.05, 0) is 19.8 Å². The lowest BCUT2D eigenvalue weighted by molar-refractivity contribution is 0.136. The third kappa shape index (κ3) is 3.93. The number of rotatable bonds is 6. The summed E-state index contributed by atoms with van der Waals surface area (Å²) in [6.45, 7) is 6.46.